The first kappa shape index (κ1) is 17.8. The third-order valence-electron chi connectivity index (χ3n) is 3.33. The third kappa shape index (κ3) is 5.24. The Hall–Kier alpha value is -1.54. The fraction of sp³-hybridized carbons (Fsp3) is 0.467. The molecule has 1 heterocycles. The summed E-state index contributed by atoms with van der Waals surface area (Å²) >= 11 is 1.25. The van der Waals surface area contributed by atoms with Crippen LogP contribution in [0.15, 0.2) is 33.9 Å². The Balaban J connectivity index is 2.02. The number of rotatable bonds is 8. The van der Waals surface area contributed by atoms with Gasteiger partial charge in [0.15, 0.2) is 0 Å². The Bertz CT molecular complexity index is 723. The van der Waals surface area contributed by atoms with Crippen LogP contribution in [0, 0.1) is 0 Å². The van der Waals surface area contributed by atoms with Gasteiger partial charge in [0.2, 0.25) is 5.89 Å². The number of hydrogen-bond acceptors (Lipinski definition) is 7. The van der Waals surface area contributed by atoms with Crippen LogP contribution in [0.4, 0.5) is 5.69 Å². The van der Waals surface area contributed by atoms with Crippen LogP contribution in [0.1, 0.15) is 13.8 Å². The van der Waals surface area contributed by atoms with Gasteiger partial charge in [0.25, 0.3) is 5.22 Å². The summed E-state index contributed by atoms with van der Waals surface area (Å²) in [5.41, 5.74) is 2.00. The molecule has 0 spiro atoms. The van der Waals surface area contributed by atoms with E-state index in [1.807, 2.05) is 24.3 Å². The zero-order valence-corrected chi connectivity index (χ0v) is 15.2. The summed E-state index contributed by atoms with van der Waals surface area (Å²) in [6.45, 7) is 6.15. The predicted octanol–water partition coefficient (Wildman–Crippen LogP) is 2.72. The minimum atomic E-state index is -2.97. The molecule has 0 unspecified atom stereocenters. The molecule has 8 heteroatoms. The highest BCUT2D eigenvalue weighted by Crippen LogP contribution is 2.25. The van der Waals surface area contributed by atoms with Crippen molar-refractivity contribution in [3.8, 4) is 11.5 Å². The maximum Gasteiger partial charge on any atom is 0.276 e. The van der Waals surface area contributed by atoms with Crippen LogP contribution in [0.5, 0.6) is 0 Å². The average molecular weight is 355 g/mol. The molecule has 1 aromatic heterocycles. The van der Waals surface area contributed by atoms with Crippen molar-refractivity contribution in [3.05, 3.63) is 24.3 Å². The second-order valence-corrected chi connectivity index (χ2v) is 8.38. The predicted molar refractivity (Wildman–Crippen MR) is 93.7 cm³/mol. The van der Waals surface area contributed by atoms with Crippen LogP contribution in [0.2, 0.25) is 0 Å². The Morgan fingerprint density at radius 1 is 1.13 bits per heavy atom. The SMILES string of the molecule is CCN(CC)c1ccc(-c2nnc(SCCS(C)(=O)=O)o2)cc1. The summed E-state index contributed by atoms with van der Waals surface area (Å²) < 4.78 is 27.8. The maximum absolute atomic E-state index is 11.1. The van der Waals surface area contributed by atoms with E-state index in [0.717, 1.165) is 24.3 Å². The summed E-state index contributed by atoms with van der Waals surface area (Å²) in [7, 11) is -2.97. The number of aromatic nitrogens is 2. The second kappa shape index (κ2) is 7.83. The molecule has 126 valence electrons. The Morgan fingerprint density at radius 3 is 2.35 bits per heavy atom. The van der Waals surface area contributed by atoms with Crippen molar-refractivity contribution in [2.24, 2.45) is 0 Å². The van der Waals surface area contributed by atoms with Crippen LogP contribution in [-0.4, -0.2) is 49.5 Å². The van der Waals surface area contributed by atoms with Crippen molar-refractivity contribution in [1.82, 2.24) is 10.2 Å². The first-order chi connectivity index (χ1) is 10.9. The maximum atomic E-state index is 11.1. The molecular formula is C15H21N3O3S2. The first-order valence-corrected chi connectivity index (χ1v) is 10.5. The van der Waals surface area contributed by atoms with Gasteiger partial charge in [-0.05, 0) is 38.1 Å². The van der Waals surface area contributed by atoms with E-state index in [1.54, 1.807) is 0 Å². The fourth-order valence-corrected chi connectivity index (χ4v) is 4.02. The van der Waals surface area contributed by atoms with Gasteiger partial charge in [-0.25, -0.2) is 8.42 Å². The second-order valence-electron chi connectivity index (χ2n) is 5.07. The number of nitrogens with zero attached hydrogens (tertiary/aromatic N) is 3. The van der Waals surface area contributed by atoms with Crippen LogP contribution in [-0.2, 0) is 9.84 Å². The highest BCUT2D eigenvalue weighted by Gasteiger charge is 2.11. The molecule has 23 heavy (non-hydrogen) atoms. The highest BCUT2D eigenvalue weighted by atomic mass is 32.2. The van der Waals surface area contributed by atoms with Crippen LogP contribution in [0.3, 0.4) is 0 Å². The monoisotopic (exact) mass is 355 g/mol. The molecule has 1 aromatic carbocycles. The molecule has 0 atom stereocenters. The normalized spacial score (nSPS) is 11.6. The molecule has 0 saturated heterocycles. The molecule has 0 aliphatic rings. The molecule has 6 nitrogen and oxygen atoms in total. The fourth-order valence-electron chi connectivity index (χ4n) is 2.07. The molecule has 0 saturated carbocycles. The van der Waals surface area contributed by atoms with Crippen LogP contribution < -0.4 is 4.90 Å². The van der Waals surface area contributed by atoms with Crippen LogP contribution >= 0.6 is 11.8 Å². The molecule has 2 aromatic rings. The van der Waals surface area contributed by atoms with E-state index >= 15 is 0 Å². The van der Waals surface area contributed by atoms with Gasteiger partial charge in [0, 0.05) is 36.3 Å². The lowest BCUT2D eigenvalue weighted by Crippen LogP contribution is -2.21. The van der Waals surface area contributed by atoms with Crippen molar-refractivity contribution in [2.75, 3.05) is 35.8 Å². The van der Waals surface area contributed by atoms with E-state index in [0.29, 0.717) is 16.9 Å². The number of sulfone groups is 1. The molecule has 2 rings (SSSR count). The Labute approximate surface area is 141 Å². The van der Waals surface area contributed by atoms with Gasteiger partial charge < -0.3 is 9.32 Å². The molecule has 0 aliphatic carbocycles. The summed E-state index contributed by atoms with van der Waals surface area (Å²) in [6, 6.07) is 7.96. The minimum absolute atomic E-state index is 0.0912. The molecule has 0 amide bonds. The van der Waals surface area contributed by atoms with Gasteiger partial charge >= 0.3 is 0 Å². The average Bonchev–Trinajstić information content (AvgIpc) is 2.97. The van der Waals surface area contributed by atoms with Gasteiger partial charge in [-0.1, -0.05) is 11.8 Å². The van der Waals surface area contributed by atoms with Gasteiger partial charge in [-0.15, -0.1) is 10.2 Å². The number of benzene rings is 1. The van der Waals surface area contributed by atoms with Crippen molar-refractivity contribution in [1.29, 1.82) is 0 Å². The third-order valence-corrected chi connectivity index (χ3v) is 5.35. The molecule has 0 fully saturated rings. The van der Waals surface area contributed by atoms with Crippen molar-refractivity contribution >= 4 is 27.3 Å². The lowest BCUT2D eigenvalue weighted by Gasteiger charge is -2.20. The number of thioether (sulfide) groups is 1. The van der Waals surface area contributed by atoms with E-state index < -0.39 is 9.84 Å². The number of anilines is 1. The van der Waals surface area contributed by atoms with Gasteiger partial charge in [-0.3, -0.25) is 0 Å². The summed E-state index contributed by atoms with van der Waals surface area (Å²) in [5.74, 6) is 0.938. The quantitative estimate of drug-likeness (QED) is 0.674. The Morgan fingerprint density at radius 2 is 1.78 bits per heavy atom. The van der Waals surface area contributed by atoms with Crippen molar-refractivity contribution in [3.63, 3.8) is 0 Å². The molecule has 0 radical (unpaired) electrons. The van der Waals surface area contributed by atoms with E-state index in [2.05, 4.69) is 28.9 Å². The smallest absolute Gasteiger partial charge is 0.276 e. The Kier molecular flexibility index (Phi) is 6.06. The van der Waals surface area contributed by atoms with Crippen molar-refractivity contribution in [2.45, 2.75) is 19.1 Å². The molecular weight excluding hydrogens is 334 g/mol. The molecule has 0 bridgehead atoms. The molecule has 0 N–H and O–H groups in total. The van der Waals surface area contributed by atoms with Gasteiger partial charge in [0.1, 0.15) is 9.84 Å². The lowest BCUT2D eigenvalue weighted by atomic mass is 10.2. The molecule has 0 aliphatic heterocycles. The van der Waals surface area contributed by atoms with E-state index in [-0.39, 0.29) is 5.75 Å². The lowest BCUT2D eigenvalue weighted by molar-refractivity contribution is 0.466. The minimum Gasteiger partial charge on any atom is -0.411 e. The largest absolute Gasteiger partial charge is 0.411 e. The summed E-state index contributed by atoms with van der Waals surface area (Å²) in [5, 5.41) is 8.34. The summed E-state index contributed by atoms with van der Waals surface area (Å²) in [4.78, 5) is 2.25. The van der Waals surface area contributed by atoms with E-state index in [4.69, 9.17) is 4.42 Å². The topological polar surface area (TPSA) is 76.3 Å². The van der Waals surface area contributed by atoms with Crippen LogP contribution in [0.25, 0.3) is 11.5 Å². The number of hydrogen-bond donors (Lipinski definition) is 0. The summed E-state index contributed by atoms with van der Waals surface area (Å²) in [6.07, 6.45) is 1.21. The van der Waals surface area contributed by atoms with E-state index in [1.165, 1.54) is 18.0 Å². The standard InChI is InChI=1S/C15H21N3O3S2/c1-4-18(5-2)13-8-6-12(7-9-13)14-16-17-15(21-14)22-10-11-23(3,19)20/h6-9H,4-5,10-11H2,1-3H3. The van der Waals surface area contributed by atoms with Gasteiger partial charge in [0.05, 0.1) is 5.75 Å². The highest BCUT2D eigenvalue weighted by molar-refractivity contribution is 8.00. The van der Waals surface area contributed by atoms with Gasteiger partial charge in [-0.2, -0.15) is 0 Å². The zero-order valence-electron chi connectivity index (χ0n) is 13.5. The first-order valence-electron chi connectivity index (χ1n) is 7.42. The van der Waals surface area contributed by atoms with Crippen molar-refractivity contribution < 1.29 is 12.8 Å². The van der Waals surface area contributed by atoms with E-state index in [9.17, 15) is 8.42 Å². The zero-order chi connectivity index (χ0) is 16.9.